The first kappa shape index (κ1) is 19.5. The molecule has 0 spiro atoms. The smallest absolute Gasteiger partial charge is 0.257 e. The quantitative estimate of drug-likeness (QED) is 0.671. The van der Waals surface area contributed by atoms with E-state index in [9.17, 15) is 9.59 Å². The predicted octanol–water partition coefficient (Wildman–Crippen LogP) is 4.20. The van der Waals surface area contributed by atoms with Crippen LogP contribution in [-0.4, -0.2) is 25.0 Å². The lowest BCUT2D eigenvalue weighted by Crippen LogP contribution is -2.20. The molecule has 1 aliphatic heterocycles. The van der Waals surface area contributed by atoms with Gasteiger partial charge in [-0.05, 0) is 54.4 Å². The number of fused-ring (bicyclic) bond motifs is 1. The van der Waals surface area contributed by atoms with Gasteiger partial charge in [-0.1, -0.05) is 30.3 Å². The molecule has 6 heteroatoms. The summed E-state index contributed by atoms with van der Waals surface area (Å²) in [5, 5.41) is 5.72. The number of para-hydroxylation sites is 1. The van der Waals surface area contributed by atoms with Crippen LogP contribution >= 0.6 is 0 Å². The summed E-state index contributed by atoms with van der Waals surface area (Å²) in [5.74, 6) is 0.825. The Morgan fingerprint density at radius 1 is 0.867 bits per heavy atom. The van der Waals surface area contributed by atoms with Gasteiger partial charge in [0, 0.05) is 5.69 Å². The van der Waals surface area contributed by atoms with Crippen LogP contribution in [0.2, 0.25) is 0 Å². The SMILES string of the molecule is Cc1cccc(NC(=O)c2ccccc2NC(=O)Cc2ccc3c(c2)OCCO3)c1. The molecule has 152 valence electrons. The van der Waals surface area contributed by atoms with E-state index in [4.69, 9.17) is 9.47 Å². The van der Waals surface area contributed by atoms with Crippen molar-refractivity contribution >= 4 is 23.2 Å². The maximum Gasteiger partial charge on any atom is 0.257 e. The lowest BCUT2D eigenvalue weighted by molar-refractivity contribution is -0.115. The first-order valence-corrected chi connectivity index (χ1v) is 9.74. The molecule has 0 atom stereocenters. The molecule has 2 N–H and O–H groups in total. The summed E-state index contributed by atoms with van der Waals surface area (Å²) in [5.41, 5.74) is 3.42. The summed E-state index contributed by atoms with van der Waals surface area (Å²) in [4.78, 5) is 25.4. The first-order chi connectivity index (χ1) is 14.6. The number of carbonyl (C=O) groups is 2. The minimum Gasteiger partial charge on any atom is -0.486 e. The monoisotopic (exact) mass is 402 g/mol. The lowest BCUT2D eigenvalue weighted by Gasteiger charge is -2.18. The highest BCUT2D eigenvalue weighted by Gasteiger charge is 2.16. The van der Waals surface area contributed by atoms with Crippen LogP contribution in [0.5, 0.6) is 11.5 Å². The van der Waals surface area contributed by atoms with E-state index in [-0.39, 0.29) is 18.2 Å². The van der Waals surface area contributed by atoms with Crippen LogP contribution in [0.4, 0.5) is 11.4 Å². The summed E-state index contributed by atoms with van der Waals surface area (Å²) in [7, 11) is 0. The molecular weight excluding hydrogens is 380 g/mol. The van der Waals surface area contributed by atoms with Crippen molar-refractivity contribution in [1.82, 2.24) is 0 Å². The zero-order valence-corrected chi connectivity index (χ0v) is 16.6. The molecule has 0 saturated heterocycles. The molecule has 6 nitrogen and oxygen atoms in total. The van der Waals surface area contributed by atoms with Gasteiger partial charge in [-0.3, -0.25) is 9.59 Å². The van der Waals surface area contributed by atoms with Crippen molar-refractivity contribution in [3.63, 3.8) is 0 Å². The minimum atomic E-state index is -0.282. The van der Waals surface area contributed by atoms with Gasteiger partial charge in [0.2, 0.25) is 5.91 Å². The van der Waals surface area contributed by atoms with Crippen LogP contribution < -0.4 is 20.1 Å². The summed E-state index contributed by atoms with van der Waals surface area (Å²) in [6.07, 6.45) is 0.157. The van der Waals surface area contributed by atoms with E-state index < -0.39 is 0 Å². The highest BCUT2D eigenvalue weighted by Crippen LogP contribution is 2.31. The van der Waals surface area contributed by atoms with Gasteiger partial charge < -0.3 is 20.1 Å². The van der Waals surface area contributed by atoms with E-state index in [1.165, 1.54) is 0 Å². The molecule has 0 radical (unpaired) electrons. The second kappa shape index (κ2) is 8.69. The molecule has 0 saturated carbocycles. The topological polar surface area (TPSA) is 76.7 Å². The highest BCUT2D eigenvalue weighted by molar-refractivity contribution is 6.10. The third kappa shape index (κ3) is 4.60. The summed E-state index contributed by atoms with van der Waals surface area (Å²) >= 11 is 0. The third-order valence-electron chi connectivity index (χ3n) is 4.69. The fourth-order valence-corrected chi connectivity index (χ4v) is 3.29. The van der Waals surface area contributed by atoms with Crippen molar-refractivity contribution in [2.75, 3.05) is 23.8 Å². The number of hydrogen-bond acceptors (Lipinski definition) is 4. The van der Waals surface area contributed by atoms with Crippen molar-refractivity contribution in [2.24, 2.45) is 0 Å². The average molecular weight is 402 g/mol. The van der Waals surface area contributed by atoms with Gasteiger partial charge in [-0.15, -0.1) is 0 Å². The minimum absolute atomic E-state index is 0.157. The lowest BCUT2D eigenvalue weighted by atomic mass is 10.1. The third-order valence-corrected chi connectivity index (χ3v) is 4.69. The number of hydrogen-bond donors (Lipinski definition) is 2. The van der Waals surface area contributed by atoms with Crippen LogP contribution in [0.25, 0.3) is 0 Å². The average Bonchev–Trinajstić information content (AvgIpc) is 2.74. The van der Waals surface area contributed by atoms with Crippen LogP contribution in [0.1, 0.15) is 21.5 Å². The molecular formula is C24H22N2O4. The van der Waals surface area contributed by atoms with Gasteiger partial charge in [-0.2, -0.15) is 0 Å². The Hall–Kier alpha value is -3.80. The molecule has 3 aromatic rings. The maximum absolute atomic E-state index is 12.8. The number of anilines is 2. The highest BCUT2D eigenvalue weighted by atomic mass is 16.6. The van der Waals surface area contributed by atoms with Crippen LogP contribution in [-0.2, 0) is 11.2 Å². The van der Waals surface area contributed by atoms with E-state index in [1.54, 1.807) is 30.3 Å². The zero-order chi connectivity index (χ0) is 20.9. The number of carbonyl (C=O) groups excluding carboxylic acids is 2. The van der Waals surface area contributed by atoms with Crippen LogP contribution in [0.15, 0.2) is 66.7 Å². The Morgan fingerprint density at radius 3 is 2.50 bits per heavy atom. The Bertz CT molecular complexity index is 1090. The predicted molar refractivity (Wildman–Crippen MR) is 115 cm³/mol. The van der Waals surface area contributed by atoms with Crippen molar-refractivity contribution in [3.05, 3.63) is 83.4 Å². The number of aryl methyl sites for hydroxylation is 1. The van der Waals surface area contributed by atoms with Crippen molar-refractivity contribution < 1.29 is 19.1 Å². The van der Waals surface area contributed by atoms with Gasteiger partial charge in [0.15, 0.2) is 11.5 Å². The second-order valence-corrected chi connectivity index (χ2v) is 7.07. The molecule has 2 amide bonds. The molecule has 0 aliphatic carbocycles. The van der Waals surface area contributed by atoms with E-state index in [0.29, 0.717) is 41.7 Å². The standard InChI is InChI=1S/C24H22N2O4/c1-16-5-4-6-18(13-16)25-24(28)19-7-2-3-8-20(19)26-23(27)15-17-9-10-21-22(14-17)30-12-11-29-21/h2-10,13-14H,11-12,15H2,1H3,(H,25,28)(H,26,27). The van der Waals surface area contributed by atoms with E-state index >= 15 is 0 Å². The fraction of sp³-hybridized carbons (Fsp3) is 0.167. The number of benzene rings is 3. The molecule has 30 heavy (non-hydrogen) atoms. The van der Waals surface area contributed by atoms with Crippen molar-refractivity contribution in [1.29, 1.82) is 0 Å². The number of ether oxygens (including phenoxy) is 2. The molecule has 3 aromatic carbocycles. The van der Waals surface area contributed by atoms with Gasteiger partial charge in [0.05, 0.1) is 17.7 Å². The normalized spacial score (nSPS) is 12.2. The second-order valence-electron chi connectivity index (χ2n) is 7.07. The number of rotatable bonds is 5. The largest absolute Gasteiger partial charge is 0.486 e. The fourth-order valence-electron chi connectivity index (χ4n) is 3.29. The Balaban J connectivity index is 1.46. The summed E-state index contributed by atoms with van der Waals surface area (Å²) < 4.78 is 11.1. The van der Waals surface area contributed by atoms with E-state index in [1.807, 2.05) is 43.3 Å². The Morgan fingerprint density at radius 2 is 1.67 bits per heavy atom. The Kier molecular flexibility index (Phi) is 5.66. The molecule has 1 heterocycles. The number of nitrogens with one attached hydrogen (secondary N) is 2. The zero-order valence-electron chi connectivity index (χ0n) is 16.6. The summed E-state index contributed by atoms with van der Waals surface area (Å²) in [6, 6.07) is 20.0. The Labute approximate surface area is 174 Å². The first-order valence-electron chi connectivity index (χ1n) is 9.74. The number of amides is 2. The van der Waals surface area contributed by atoms with Crippen LogP contribution in [0, 0.1) is 6.92 Å². The maximum atomic E-state index is 12.8. The van der Waals surface area contributed by atoms with Crippen molar-refractivity contribution in [2.45, 2.75) is 13.3 Å². The van der Waals surface area contributed by atoms with Crippen molar-refractivity contribution in [3.8, 4) is 11.5 Å². The van der Waals surface area contributed by atoms with Gasteiger partial charge >= 0.3 is 0 Å². The molecule has 0 fully saturated rings. The molecule has 0 aromatic heterocycles. The van der Waals surface area contributed by atoms with Gasteiger partial charge in [0.1, 0.15) is 13.2 Å². The molecule has 4 rings (SSSR count). The molecule has 0 unspecified atom stereocenters. The molecule has 1 aliphatic rings. The van der Waals surface area contributed by atoms with Gasteiger partial charge in [0.25, 0.3) is 5.91 Å². The van der Waals surface area contributed by atoms with Gasteiger partial charge in [-0.25, -0.2) is 0 Å². The summed E-state index contributed by atoms with van der Waals surface area (Å²) in [6.45, 7) is 2.97. The van der Waals surface area contributed by atoms with E-state index in [2.05, 4.69) is 10.6 Å². The van der Waals surface area contributed by atoms with E-state index in [0.717, 1.165) is 11.1 Å². The van der Waals surface area contributed by atoms with Crippen LogP contribution in [0.3, 0.4) is 0 Å². The molecule has 0 bridgehead atoms.